The Morgan fingerprint density at radius 1 is 1.13 bits per heavy atom. The van der Waals surface area contributed by atoms with Crippen LogP contribution >= 0.6 is 0 Å². The monoisotopic (exact) mass is 411 g/mol. The van der Waals surface area contributed by atoms with Crippen LogP contribution in [0.1, 0.15) is 12.5 Å². The lowest BCUT2D eigenvalue weighted by Gasteiger charge is -2.33. The molecule has 0 radical (unpaired) electrons. The van der Waals surface area contributed by atoms with Crippen LogP contribution in [0.25, 0.3) is 0 Å². The fourth-order valence-electron chi connectivity index (χ4n) is 3.05. The van der Waals surface area contributed by atoms with Gasteiger partial charge in [0.2, 0.25) is 12.0 Å². The van der Waals surface area contributed by atoms with E-state index in [1.165, 1.54) is 11.8 Å². The van der Waals surface area contributed by atoms with E-state index in [4.69, 9.17) is 9.47 Å². The molecule has 2 aromatic carbocycles. The van der Waals surface area contributed by atoms with Crippen LogP contribution in [0.5, 0.6) is 5.75 Å². The molecule has 0 fully saturated rings. The molecule has 0 aromatic heterocycles. The molecular weight excluding hydrogens is 386 g/mol. The number of rotatable bonds is 6. The van der Waals surface area contributed by atoms with Crippen LogP contribution in [0.4, 0.5) is 11.4 Å². The number of para-hydroxylation sites is 2. The van der Waals surface area contributed by atoms with Crippen molar-refractivity contribution in [2.75, 3.05) is 37.0 Å². The molecule has 0 saturated carbocycles. The molecule has 1 N–H and O–H groups in total. The van der Waals surface area contributed by atoms with E-state index in [9.17, 15) is 14.4 Å². The molecule has 0 saturated heterocycles. The van der Waals surface area contributed by atoms with Crippen LogP contribution in [-0.2, 0) is 25.7 Å². The number of nitrogens with zero attached hydrogens (tertiary/aromatic N) is 2. The summed E-state index contributed by atoms with van der Waals surface area (Å²) in [7, 11) is 3.91. The average Bonchev–Trinajstić information content (AvgIpc) is 2.75. The predicted molar refractivity (Wildman–Crippen MR) is 112 cm³/mol. The van der Waals surface area contributed by atoms with Gasteiger partial charge in [-0.15, -0.1) is 0 Å². The molecule has 158 valence electrons. The Kier molecular flexibility index (Phi) is 6.56. The second-order valence-electron chi connectivity index (χ2n) is 7.15. The Hall–Kier alpha value is -3.55. The second-order valence-corrected chi connectivity index (χ2v) is 7.15. The largest absolute Gasteiger partial charge is 0.475 e. The highest BCUT2D eigenvalue weighted by atomic mass is 16.6. The number of fused-ring (bicyclic) bond motifs is 1. The molecule has 0 spiro atoms. The van der Waals surface area contributed by atoms with E-state index in [0.717, 1.165) is 11.3 Å². The Morgan fingerprint density at radius 2 is 1.83 bits per heavy atom. The third-order valence-corrected chi connectivity index (χ3v) is 4.70. The molecular formula is C22H25N3O5. The number of hydrogen-bond donors (Lipinski definition) is 1. The van der Waals surface area contributed by atoms with E-state index in [-0.39, 0.29) is 12.5 Å². The van der Waals surface area contributed by atoms with E-state index in [1.807, 2.05) is 43.3 Å². The van der Waals surface area contributed by atoms with Crippen molar-refractivity contribution in [3.05, 3.63) is 54.1 Å². The number of amides is 2. The summed E-state index contributed by atoms with van der Waals surface area (Å²) >= 11 is 0. The summed E-state index contributed by atoms with van der Waals surface area (Å²) in [6, 6.07) is 14.7. The van der Waals surface area contributed by atoms with Crippen LogP contribution in [-0.4, -0.2) is 51.1 Å². The summed E-state index contributed by atoms with van der Waals surface area (Å²) in [6.07, 6.45) is -0.991. The summed E-state index contributed by atoms with van der Waals surface area (Å²) in [6.45, 7) is 1.36. The Bertz CT molecular complexity index is 927. The molecule has 3 rings (SSSR count). The molecule has 8 heteroatoms. The number of carbonyl (C=O) groups excluding carboxylic acids is 3. The molecule has 1 aliphatic heterocycles. The number of nitrogens with one attached hydrogen (secondary N) is 1. The van der Waals surface area contributed by atoms with Gasteiger partial charge in [-0.3, -0.25) is 9.59 Å². The molecule has 1 heterocycles. The van der Waals surface area contributed by atoms with Crippen LogP contribution in [0, 0.1) is 0 Å². The minimum absolute atomic E-state index is 0.0328. The molecule has 30 heavy (non-hydrogen) atoms. The van der Waals surface area contributed by atoms with Gasteiger partial charge in [0.05, 0.1) is 12.2 Å². The lowest BCUT2D eigenvalue weighted by Crippen LogP contribution is -2.47. The van der Waals surface area contributed by atoms with Crippen molar-refractivity contribution >= 4 is 29.2 Å². The molecule has 8 nitrogen and oxygen atoms in total. The topological polar surface area (TPSA) is 88.2 Å². The van der Waals surface area contributed by atoms with Gasteiger partial charge in [0, 0.05) is 33.3 Å². The lowest BCUT2D eigenvalue weighted by molar-refractivity contribution is -0.155. The number of anilines is 2. The third kappa shape index (κ3) is 5.08. The van der Waals surface area contributed by atoms with Crippen molar-refractivity contribution in [1.82, 2.24) is 5.32 Å². The number of esters is 1. The van der Waals surface area contributed by atoms with Crippen molar-refractivity contribution < 1.29 is 23.9 Å². The van der Waals surface area contributed by atoms with Crippen molar-refractivity contribution in [2.45, 2.75) is 19.6 Å². The number of benzene rings is 2. The van der Waals surface area contributed by atoms with Gasteiger partial charge in [-0.1, -0.05) is 24.3 Å². The van der Waals surface area contributed by atoms with E-state index >= 15 is 0 Å². The first kappa shape index (κ1) is 21.2. The fourth-order valence-corrected chi connectivity index (χ4v) is 3.05. The first-order valence-corrected chi connectivity index (χ1v) is 9.58. The van der Waals surface area contributed by atoms with Gasteiger partial charge in [-0.05, 0) is 29.8 Å². The van der Waals surface area contributed by atoms with E-state index in [2.05, 4.69) is 5.32 Å². The highest BCUT2D eigenvalue weighted by Crippen LogP contribution is 2.33. The fraction of sp³-hybridized carbons (Fsp3) is 0.318. The number of carbonyl (C=O) groups is 3. The summed E-state index contributed by atoms with van der Waals surface area (Å²) < 4.78 is 10.8. The summed E-state index contributed by atoms with van der Waals surface area (Å²) in [4.78, 5) is 39.8. The van der Waals surface area contributed by atoms with Crippen LogP contribution in [0.15, 0.2) is 48.5 Å². The zero-order chi connectivity index (χ0) is 21.7. The van der Waals surface area contributed by atoms with Crippen LogP contribution in [0.3, 0.4) is 0 Å². The van der Waals surface area contributed by atoms with Crippen molar-refractivity contribution in [3.8, 4) is 5.75 Å². The van der Waals surface area contributed by atoms with Gasteiger partial charge in [-0.2, -0.15) is 0 Å². The van der Waals surface area contributed by atoms with Crippen molar-refractivity contribution in [3.63, 3.8) is 0 Å². The maximum Gasteiger partial charge on any atom is 0.349 e. The SMILES string of the molecule is CC(=O)N1C[C@H](C(=O)OCC(=O)NCc2ccc(N(C)C)cc2)Oc2ccccc21. The molecule has 2 aromatic rings. The smallest absolute Gasteiger partial charge is 0.349 e. The molecule has 1 aliphatic rings. The minimum Gasteiger partial charge on any atom is -0.475 e. The van der Waals surface area contributed by atoms with Crippen LogP contribution in [0.2, 0.25) is 0 Å². The molecule has 0 bridgehead atoms. The van der Waals surface area contributed by atoms with E-state index in [1.54, 1.807) is 24.3 Å². The third-order valence-electron chi connectivity index (χ3n) is 4.70. The lowest BCUT2D eigenvalue weighted by atomic mass is 10.2. The van der Waals surface area contributed by atoms with Crippen molar-refractivity contribution in [1.29, 1.82) is 0 Å². The Labute approximate surface area is 175 Å². The highest BCUT2D eigenvalue weighted by molar-refractivity contribution is 5.95. The van der Waals surface area contributed by atoms with Gasteiger partial charge < -0.3 is 24.6 Å². The molecule has 2 amide bonds. The quantitative estimate of drug-likeness (QED) is 0.729. The van der Waals surface area contributed by atoms with Gasteiger partial charge in [0.25, 0.3) is 5.91 Å². The zero-order valence-electron chi connectivity index (χ0n) is 17.3. The van der Waals surface area contributed by atoms with E-state index < -0.39 is 24.6 Å². The van der Waals surface area contributed by atoms with Crippen molar-refractivity contribution in [2.24, 2.45) is 0 Å². The summed E-state index contributed by atoms with van der Waals surface area (Å²) in [5.74, 6) is -0.894. The van der Waals surface area contributed by atoms with Gasteiger partial charge in [0.15, 0.2) is 6.61 Å². The number of hydrogen-bond acceptors (Lipinski definition) is 6. The Morgan fingerprint density at radius 3 is 2.50 bits per heavy atom. The molecule has 0 unspecified atom stereocenters. The predicted octanol–water partition coefficient (Wildman–Crippen LogP) is 1.73. The first-order chi connectivity index (χ1) is 14.3. The van der Waals surface area contributed by atoms with Crippen LogP contribution < -0.4 is 19.9 Å². The maximum atomic E-state index is 12.4. The molecule has 1 atom stereocenters. The van der Waals surface area contributed by atoms with Gasteiger partial charge in [0.1, 0.15) is 5.75 Å². The summed E-state index contributed by atoms with van der Waals surface area (Å²) in [5.41, 5.74) is 2.60. The first-order valence-electron chi connectivity index (χ1n) is 9.58. The van der Waals surface area contributed by atoms with Gasteiger partial charge >= 0.3 is 5.97 Å². The second kappa shape index (κ2) is 9.30. The minimum atomic E-state index is -0.991. The Balaban J connectivity index is 1.50. The van der Waals surface area contributed by atoms with Gasteiger partial charge in [-0.25, -0.2) is 4.79 Å². The zero-order valence-corrected chi connectivity index (χ0v) is 17.3. The average molecular weight is 411 g/mol. The highest BCUT2D eigenvalue weighted by Gasteiger charge is 2.33. The standard InChI is InChI=1S/C22H25N3O5/c1-15(26)25-13-20(30-19-7-5-4-6-18(19)25)22(28)29-14-21(27)23-12-16-8-10-17(11-9-16)24(2)3/h4-11,20H,12-14H2,1-3H3,(H,23,27)/t20-/m1/s1. The van der Waals surface area contributed by atoms with E-state index in [0.29, 0.717) is 18.0 Å². The maximum absolute atomic E-state index is 12.4. The normalized spacial score (nSPS) is 14.9. The summed E-state index contributed by atoms with van der Waals surface area (Å²) in [5, 5.41) is 2.71. The number of ether oxygens (including phenoxy) is 2. The molecule has 0 aliphatic carbocycles.